The fraction of sp³-hybridized carbons (Fsp3) is 0.452. The molecule has 4 nitrogen and oxygen atoms in total. The fourth-order valence-electron chi connectivity index (χ4n) is 4.18. The molecule has 0 atom stereocenters. The molecule has 1 heterocycles. The molecule has 0 saturated heterocycles. The summed E-state index contributed by atoms with van der Waals surface area (Å²) in [7, 11) is 0. The van der Waals surface area contributed by atoms with Gasteiger partial charge in [0.25, 0.3) is 0 Å². The number of nitrogens with zero attached hydrogens (tertiary/aromatic N) is 2. The van der Waals surface area contributed by atoms with Gasteiger partial charge in [0.2, 0.25) is 0 Å². The summed E-state index contributed by atoms with van der Waals surface area (Å²) in [5, 5.41) is 0. The van der Waals surface area contributed by atoms with Gasteiger partial charge < -0.3 is 4.74 Å². The van der Waals surface area contributed by atoms with Crippen LogP contribution in [0.3, 0.4) is 0 Å². The van der Waals surface area contributed by atoms with Crippen molar-refractivity contribution in [2.75, 3.05) is 0 Å². The maximum absolute atomic E-state index is 12.5. The number of aromatic nitrogens is 2. The van der Waals surface area contributed by atoms with Crippen molar-refractivity contribution < 1.29 is 9.53 Å². The van der Waals surface area contributed by atoms with Crippen molar-refractivity contribution >= 4 is 5.97 Å². The molecule has 0 N–H and O–H groups in total. The molecule has 0 radical (unpaired) electrons. The molecule has 4 heteroatoms. The first kappa shape index (κ1) is 26.6. The number of esters is 1. The van der Waals surface area contributed by atoms with Gasteiger partial charge in [-0.05, 0) is 48.9 Å². The Morgan fingerprint density at radius 3 is 1.71 bits per heavy atom. The van der Waals surface area contributed by atoms with E-state index in [0.717, 1.165) is 18.4 Å². The Morgan fingerprint density at radius 2 is 1.14 bits per heavy atom. The van der Waals surface area contributed by atoms with Crippen molar-refractivity contribution in [1.82, 2.24) is 9.97 Å². The SMILES string of the molecule is CCCCCCCCc1ccc(C(=O)Oc2cnc(-c3ccc(CCCCCC)cc3)nc2)cc1. The third-order valence-corrected chi connectivity index (χ3v) is 6.38. The minimum Gasteiger partial charge on any atom is -0.420 e. The number of carbonyl (C=O) groups excluding carboxylic acids is 1. The lowest BCUT2D eigenvalue weighted by atomic mass is 10.0. The average molecular weight is 473 g/mol. The summed E-state index contributed by atoms with van der Waals surface area (Å²) in [5.74, 6) is 0.587. The number of unbranched alkanes of at least 4 members (excludes halogenated alkanes) is 8. The molecule has 0 saturated carbocycles. The van der Waals surface area contributed by atoms with E-state index in [2.05, 4.69) is 48.1 Å². The van der Waals surface area contributed by atoms with Gasteiger partial charge in [-0.3, -0.25) is 0 Å². The summed E-state index contributed by atoms with van der Waals surface area (Å²) in [6.07, 6.45) is 18.1. The first-order valence-electron chi connectivity index (χ1n) is 13.4. The van der Waals surface area contributed by atoms with Gasteiger partial charge in [-0.2, -0.15) is 0 Å². The van der Waals surface area contributed by atoms with E-state index in [4.69, 9.17) is 4.74 Å². The van der Waals surface area contributed by atoms with Crippen LogP contribution in [0.15, 0.2) is 60.9 Å². The zero-order valence-electron chi connectivity index (χ0n) is 21.5. The van der Waals surface area contributed by atoms with Crippen LogP contribution in [0.4, 0.5) is 0 Å². The molecule has 3 aromatic rings. The highest BCUT2D eigenvalue weighted by Gasteiger charge is 2.10. The van der Waals surface area contributed by atoms with Crippen molar-refractivity contribution in [3.8, 4) is 17.1 Å². The lowest BCUT2D eigenvalue weighted by Gasteiger charge is -2.07. The smallest absolute Gasteiger partial charge is 0.343 e. The van der Waals surface area contributed by atoms with Crippen LogP contribution in [0.5, 0.6) is 5.75 Å². The normalized spacial score (nSPS) is 10.9. The predicted molar refractivity (Wildman–Crippen MR) is 144 cm³/mol. The second-order valence-corrected chi connectivity index (χ2v) is 9.35. The molecule has 1 aromatic heterocycles. The minimum atomic E-state index is -0.389. The van der Waals surface area contributed by atoms with E-state index in [1.165, 1.54) is 75.3 Å². The van der Waals surface area contributed by atoms with Crippen LogP contribution in [0.25, 0.3) is 11.4 Å². The number of carbonyl (C=O) groups is 1. The number of ether oxygens (including phenoxy) is 1. The number of benzene rings is 2. The van der Waals surface area contributed by atoms with E-state index in [0.29, 0.717) is 17.1 Å². The predicted octanol–water partition coefficient (Wildman–Crippen LogP) is 8.39. The van der Waals surface area contributed by atoms with Crippen LogP contribution < -0.4 is 4.74 Å². The molecular formula is C31H40N2O2. The maximum Gasteiger partial charge on any atom is 0.343 e. The summed E-state index contributed by atoms with van der Waals surface area (Å²) >= 11 is 0. The van der Waals surface area contributed by atoms with Crippen molar-refractivity contribution in [1.29, 1.82) is 0 Å². The third kappa shape index (κ3) is 9.28. The summed E-state index contributed by atoms with van der Waals surface area (Å²) in [4.78, 5) is 21.3. The van der Waals surface area contributed by atoms with Crippen LogP contribution in [0.2, 0.25) is 0 Å². The molecule has 0 unspecified atom stereocenters. The zero-order valence-corrected chi connectivity index (χ0v) is 21.5. The van der Waals surface area contributed by atoms with Gasteiger partial charge >= 0.3 is 5.97 Å². The lowest BCUT2D eigenvalue weighted by Crippen LogP contribution is -2.09. The highest BCUT2D eigenvalue weighted by molar-refractivity contribution is 5.91. The maximum atomic E-state index is 12.5. The van der Waals surface area contributed by atoms with E-state index in [1.54, 1.807) is 12.4 Å². The summed E-state index contributed by atoms with van der Waals surface area (Å²) in [5.41, 5.74) is 4.10. The Hall–Kier alpha value is -3.01. The first-order chi connectivity index (χ1) is 17.2. The highest BCUT2D eigenvalue weighted by Crippen LogP contribution is 2.19. The third-order valence-electron chi connectivity index (χ3n) is 6.38. The molecular weight excluding hydrogens is 432 g/mol. The van der Waals surface area contributed by atoms with Crippen molar-refractivity contribution in [2.24, 2.45) is 0 Å². The van der Waals surface area contributed by atoms with E-state index >= 15 is 0 Å². The Kier molecular flexibility index (Phi) is 11.5. The fourth-order valence-corrected chi connectivity index (χ4v) is 4.18. The molecule has 186 valence electrons. The average Bonchev–Trinajstić information content (AvgIpc) is 2.90. The van der Waals surface area contributed by atoms with Crippen molar-refractivity contribution in [2.45, 2.75) is 90.9 Å². The minimum absolute atomic E-state index is 0.349. The molecule has 35 heavy (non-hydrogen) atoms. The van der Waals surface area contributed by atoms with Gasteiger partial charge in [0.15, 0.2) is 11.6 Å². The number of hydrogen-bond donors (Lipinski definition) is 0. The first-order valence-corrected chi connectivity index (χ1v) is 13.4. The van der Waals surface area contributed by atoms with Crippen molar-refractivity contribution in [3.63, 3.8) is 0 Å². The van der Waals surface area contributed by atoms with Gasteiger partial charge in [-0.1, -0.05) is 102 Å². The molecule has 0 aliphatic carbocycles. The largest absolute Gasteiger partial charge is 0.420 e. The van der Waals surface area contributed by atoms with Gasteiger partial charge in [0, 0.05) is 5.56 Å². The Bertz CT molecular complexity index is 996. The Labute approximate surface area is 211 Å². The van der Waals surface area contributed by atoms with Gasteiger partial charge in [0.1, 0.15) is 0 Å². The van der Waals surface area contributed by atoms with Crippen LogP contribution in [0.1, 0.15) is 99.5 Å². The summed E-state index contributed by atoms with van der Waals surface area (Å²) in [6, 6.07) is 16.1. The van der Waals surface area contributed by atoms with Gasteiger partial charge in [-0.15, -0.1) is 0 Å². The molecule has 0 fully saturated rings. The molecule has 3 rings (SSSR count). The van der Waals surface area contributed by atoms with Gasteiger partial charge in [0.05, 0.1) is 18.0 Å². The summed E-state index contributed by atoms with van der Waals surface area (Å²) in [6.45, 7) is 4.47. The zero-order chi connectivity index (χ0) is 24.7. The van der Waals surface area contributed by atoms with Crippen molar-refractivity contribution in [3.05, 3.63) is 77.6 Å². The quantitative estimate of drug-likeness (QED) is 0.165. The van der Waals surface area contributed by atoms with E-state index in [1.807, 2.05) is 24.3 Å². The van der Waals surface area contributed by atoms with Crippen LogP contribution in [-0.2, 0) is 12.8 Å². The molecule has 0 bridgehead atoms. The second-order valence-electron chi connectivity index (χ2n) is 9.35. The van der Waals surface area contributed by atoms with Gasteiger partial charge in [-0.25, -0.2) is 14.8 Å². The van der Waals surface area contributed by atoms with Crippen LogP contribution in [0, 0.1) is 0 Å². The second kappa shape index (κ2) is 15.1. The van der Waals surface area contributed by atoms with Crippen LogP contribution >= 0.6 is 0 Å². The monoisotopic (exact) mass is 472 g/mol. The number of rotatable bonds is 15. The molecule has 0 aliphatic heterocycles. The Balaban J connectivity index is 1.46. The standard InChI is InChI=1S/C31H40N2O2/c1-3-5-7-9-10-12-14-26-17-21-28(22-18-26)31(34)35-29-23-32-30(33-24-29)27-19-15-25(16-20-27)13-11-8-6-4-2/h15-24H,3-14H2,1-2H3. The summed E-state index contributed by atoms with van der Waals surface area (Å²) < 4.78 is 5.49. The lowest BCUT2D eigenvalue weighted by molar-refractivity contribution is 0.0733. The molecule has 0 amide bonds. The number of hydrogen-bond acceptors (Lipinski definition) is 4. The number of aryl methyl sites for hydroxylation is 2. The van der Waals surface area contributed by atoms with E-state index in [9.17, 15) is 4.79 Å². The van der Waals surface area contributed by atoms with E-state index in [-0.39, 0.29) is 5.97 Å². The molecule has 0 spiro atoms. The Morgan fingerprint density at radius 1 is 0.657 bits per heavy atom. The molecule has 0 aliphatic rings. The molecule has 2 aromatic carbocycles. The van der Waals surface area contributed by atoms with Crippen LogP contribution in [-0.4, -0.2) is 15.9 Å². The highest BCUT2D eigenvalue weighted by atomic mass is 16.5. The topological polar surface area (TPSA) is 52.1 Å². The van der Waals surface area contributed by atoms with E-state index < -0.39 is 0 Å².